The Morgan fingerprint density at radius 2 is 1.63 bits per heavy atom. The number of amides is 1. The second-order valence-electron chi connectivity index (χ2n) is 9.23. The molecule has 210 valence electrons. The summed E-state index contributed by atoms with van der Waals surface area (Å²) in [5.74, 6) is -2.19. The molecule has 2 N–H and O–H groups in total. The third-order valence-electron chi connectivity index (χ3n) is 6.60. The predicted octanol–water partition coefficient (Wildman–Crippen LogP) is 6.73. The SMILES string of the molecule is O=C(Nc1ccc(-c2cccc(C(F)(F)F)c2)cc1C(=O)O)c1cccc(S(=O)(=O)N2CCc3cc(Cl)ccc32)c1. The van der Waals surface area contributed by atoms with E-state index >= 15 is 0 Å². The molecule has 0 aromatic heterocycles. The van der Waals surface area contributed by atoms with Gasteiger partial charge in [-0.05, 0) is 83.8 Å². The maximum absolute atomic E-state index is 13.4. The number of carboxylic acid groups (broad SMARTS) is 1. The summed E-state index contributed by atoms with van der Waals surface area (Å²) in [4.78, 5) is 24.9. The number of benzene rings is 4. The van der Waals surface area contributed by atoms with Crippen LogP contribution in [0.2, 0.25) is 5.02 Å². The summed E-state index contributed by atoms with van der Waals surface area (Å²) < 4.78 is 67.5. The number of nitrogens with one attached hydrogen (secondary N) is 1. The number of alkyl halides is 3. The van der Waals surface area contributed by atoms with Crippen molar-refractivity contribution in [3.05, 3.63) is 112 Å². The topological polar surface area (TPSA) is 104 Å². The van der Waals surface area contributed by atoms with Crippen molar-refractivity contribution in [2.75, 3.05) is 16.2 Å². The lowest BCUT2D eigenvalue weighted by Crippen LogP contribution is -2.29. The summed E-state index contributed by atoms with van der Waals surface area (Å²) in [5.41, 5.74) is 0.220. The van der Waals surface area contributed by atoms with Gasteiger partial charge in [0.15, 0.2) is 0 Å². The van der Waals surface area contributed by atoms with Gasteiger partial charge < -0.3 is 10.4 Å². The first-order chi connectivity index (χ1) is 19.3. The molecule has 1 heterocycles. The molecule has 0 saturated carbocycles. The van der Waals surface area contributed by atoms with Gasteiger partial charge in [0.2, 0.25) is 0 Å². The molecule has 0 fully saturated rings. The van der Waals surface area contributed by atoms with E-state index in [1.54, 1.807) is 18.2 Å². The Morgan fingerprint density at radius 1 is 0.902 bits per heavy atom. The minimum Gasteiger partial charge on any atom is -0.478 e. The normalized spacial score (nSPS) is 13.1. The Balaban J connectivity index is 1.42. The van der Waals surface area contributed by atoms with Crippen molar-refractivity contribution in [1.29, 1.82) is 0 Å². The van der Waals surface area contributed by atoms with Crippen LogP contribution in [0.25, 0.3) is 11.1 Å². The molecule has 41 heavy (non-hydrogen) atoms. The van der Waals surface area contributed by atoms with Crippen LogP contribution in [0, 0.1) is 0 Å². The minimum absolute atomic E-state index is 0.0418. The van der Waals surface area contributed by atoms with Crippen molar-refractivity contribution in [2.24, 2.45) is 0 Å². The molecule has 5 rings (SSSR count). The van der Waals surface area contributed by atoms with Gasteiger partial charge in [0.25, 0.3) is 15.9 Å². The van der Waals surface area contributed by atoms with Crippen molar-refractivity contribution >= 4 is 44.9 Å². The van der Waals surface area contributed by atoms with Crippen molar-refractivity contribution in [3.8, 4) is 11.1 Å². The highest BCUT2D eigenvalue weighted by Crippen LogP contribution is 2.35. The van der Waals surface area contributed by atoms with E-state index < -0.39 is 33.6 Å². The number of fused-ring (bicyclic) bond motifs is 1. The molecule has 4 aromatic carbocycles. The van der Waals surface area contributed by atoms with Crippen LogP contribution in [0.1, 0.15) is 31.8 Å². The number of carbonyl (C=O) groups excluding carboxylic acids is 1. The first-order valence-corrected chi connectivity index (χ1v) is 13.9. The zero-order chi connectivity index (χ0) is 29.5. The fourth-order valence-electron chi connectivity index (χ4n) is 4.59. The molecule has 1 aliphatic heterocycles. The number of sulfonamides is 1. The van der Waals surface area contributed by atoms with E-state index in [2.05, 4.69) is 5.32 Å². The Labute approximate surface area is 237 Å². The van der Waals surface area contributed by atoms with Crippen molar-refractivity contribution in [1.82, 2.24) is 0 Å². The van der Waals surface area contributed by atoms with Gasteiger partial charge in [-0.1, -0.05) is 35.9 Å². The Bertz CT molecular complexity index is 1810. The van der Waals surface area contributed by atoms with Gasteiger partial charge in [-0.2, -0.15) is 13.2 Å². The van der Waals surface area contributed by atoms with Crippen LogP contribution < -0.4 is 9.62 Å². The summed E-state index contributed by atoms with van der Waals surface area (Å²) in [7, 11) is -4.03. The molecule has 12 heteroatoms. The zero-order valence-electron chi connectivity index (χ0n) is 20.9. The number of hydrogen-bond acceptors (Lipinski definition) is 4. The number of carboxylic acids is 1. The lowest BCUT2D eigenvalue weighted by atomic mass is 9.99. The molecule has 0 atom stereocenters. The summed E-state index contributed by atoms with van der Waals surface area (Å²) in [5, 5.41) is 12.7. The predicted molar refractivity (Wildman–Crippen MR) is 148 cm³/mol. The average molecular weight is 601 g/mol. The van der Waals surface area contributed by atoms with Gasteiger partial charge in [-0.15, -0.1) is 0 Å². The smallest absolute Gasteiger partial charge is 0.416 e. The van der Waals surface area contributed by atoms with Gasteiger partial charge in [-0.3, -0.25) is 9.10 Å². The van der Waals surface area contributed by atoms with Crippen LogP contribution in [0.5, 0.6) is 0 Å². The van der Waals surface area contributed by atoms with Crippen LogP contribution in [0.15, 0.2) is 89.8 Å². The van der Waals surface area contributed by atoms with Crippen LogP contribution in [-0.2, 0) is 22.6 Å². The number of aromatic carboxylic acids is 1. The highest BCUT2D eigenvalue weighted by Gasteiger charge is 2.32. The summed E-state index contributed by atoms with van der Waals surface area (Å²) in [6.07, 6.45) is -4.10. The lowest BCUT2D eigenvalue weighted by Gasteiger charge is -2.20. The summed E-state index contributed by atoms with van der Waals surface area (Å²) in [6.45, 7) is 0.203. The Hall–Kier alpha value is -4.35. The standard InChI is InChI=1S/C29H20ClF3N2O5S/c30-22-8-10-26-19(14-22)11-12-35(26)41(39,40)23-6-2-4-20(15-23)27(36)34-25-9-7-18(16-24(25)28(37)38)17-3-1-5-21(13-17)29(31,32)33/h1-10,13-16H,11-12H2,(H,34,36)(H,37,38). The molecule has 0 saturated heterocycles. The second-order valence-corrected chi connectivity index (χ2v) is 11.5. The third kappa shape index (κ3) is 5.63. The third-order valence-corrected chi connectivity index (χ3v) is 8.64. The van der Waals surface area contributed by atoms with Crippen LogP contribution >= 0.6 is 11.6 Å². The van der Waals surface area contributed by atoms with Gasteiger partial charge in [-0.25, -0.2) is 13.2 Å². The van der Waals surface area contributed by atoms with E-state index in [4.69, 9.17) is 11.6 Å². The first-order valence-electron chi connectivity index (χ1n) is 12.1. The van der Waals surface area contributed by atoms with Gasteiger partial charge in [0, 0.05) is 17.1 Å². The molecule has 4 aromatic rings. The highest BCUT2D eigenvalue weighted by molar-refractivity contribution is 7.92. The lowest BCUT2D eigenvalue weighted by molar-refractivity contribution is -0.137. The molecular formula is C29H20ClF3N2O5S. The molecule has 0 aliphatic carbocycles. The zero-order valence-corrected chi connectivity index (χ0v) is 22.5. The number of rotatable bonds is 6. The summed E-state index contributed by atoms with van der Waals surface area (Å²) >= 11 is 6.03. The van der Waals surface area contributed by atoms with Crippen molar-refractivity contribution in [3.63, 3.8) is 0 Å². The van der Waals surface area contributed by atoms with E-state index in [0.29, 0.717) is 17.1 Å². The van der Waals surface area contributed by atoms with Crippen molar-refractivity contribution in [2.45, 2.75) is 17.5 Å². The molecule has 1 aliphatic rings. The van der Waals surface area contributed by atoms with E-state index in [9.17, 15) is 36.3 Å². The molecule has 0 spiro atoms. The van der Waals surface area contributed by atoms with Crippen LogP contribution in [-0.4, -0.2) is 31.9 Å². The Morgan fingerprint density at radius 3 is 2.37 bits per heavy atom. The second kappa shape index (κ2) is 10.6. The van der Waals surface area contributed by atoms with Gasteiger partial charge >= 0.3 is 12.1 Å². The number of hydrogen-bond donors (Lipinski definition) is 2. The minimum atomic E-state index is -4.58. The van der Waals surface area contributed by atoms with Crippen molar-refractivity contribution < 1.29 is 36.3 Å². The van der Waals surface area contributed by atoms with E-state index in [0.717, 1.165) is 23.8 Å². The molecular weight excluding hydrogens is 581 g/mol. The van der Waals surface area contributed by atoms with E-state index in [1.807, 2.05) is 0 Å². The van der Waals surface area contributed by atoms with E-state index in [1.165, 1.54) is 52.8 Å². The quantitative estimate of drug-likeness (QED) is 0.255. The number of nitrogens with zero attached hydrogens (tertiary/aromatic N) is 1. The summed E-state index contributed by atoms with van der Waals surface area (Å²) in [6, 6.07) is 18.5. The maximum Gasteiger partial charge on any atom is 0.416 e. The average Bonchev–Trinajstić information content (AvgIpc) is 3.36. The monoisotopic (exact) mass is 600 g/mol. The number of halogens is 4. The molecule has 0 radical (unpaired) electrons. The first kappa shape index (κ1) is 28.2. The molecule has 0 bridgehead atoms. The molecule has 1 amide bonds. The fourth-order valence-corrected chi connectivity index (χ4v) is 6.34. The van der Waals surface area contributed by atoms with Gasteiger partial charge in [0.1, 0.15) is 0 Å². The largest absolute Gasteiger partial charge is 0.478 e. The Kier molecular flexibility index (Phi) is 7.26. The number of carbonyl (C=O) groups is 2. The maximum atomic E-state index is 13.4. The van der Waals surface area contributed by atoms with Gasteiger partial charge in [0.05, 0.1) is 27.4 Å². The number of anilines is 2. The van der Waals surface area contributed by atoms with Crippen LogP contribution in [0.4, 0.5) is 24.5 Å². The highest BCUT2D eigenvalue weighted by atomic mass is 35.5. The fraction of sp³-hybridized carbons (Fsp3) is 0.103. The van der Waals surface area contributed by atoms with E-state index in [-0.39, 0.29) is 39.4 Å². The van der Waals surface area contributed by atoms with Crippen LogP contribution in [0.3, 0.4) is 0 Å². The molecule has 0 unspecified atom stereocenters. The molecule has 7 nitrogen and oxygen atoms in total.